The van der Waals surface area contributed by atoms with Gasteiger partial charge < -0.3 is 11.5 Å². The topological polar surface area (TPSA) is 52.0 Å². The summed E-state index contributed by atoms with van der Waals surface area (Å²) in [7, 11) is 0. The number of aryl methyl sites for hydroxylation is 1. The van der Waals surface area contributed by atoms with Crippen molar-refractivity contribution in [1.29, 1.82) is 0 Å². The van der Waals surface area contributed by atoms with Crippen molar-refractivity contribution in [2.45, 2.75) is 51.6 Å². The Bertz CT molecular complexity index is 543. The van der Waals surface area contributed by atoms with Crippen molar-refractivity contribution in [2.75, 3.05) is 0 Å². The maximum Gasteiger partial charge on any atom is 0.0178 e. The summed E-state index contributed by atoms with van der Waals surface area (Å²) in [5.74, 6) is 0.617. The Hall–Kier alpha value is -1.64. The van der Waals surface area contributed by atoms with Gasteiger partial charge in [0.1, 0.15) is 0 Å². The third kappa shape index (κ3) is 4.97. The Morgan fingerprint density at radius 3 is 1.77 bits per heavy atom. The number of benzene rings is 2. The predicted octanol–water partition coefficient (Wildman–Crippen LogP) is 4.12. The summed E-state index contributed by atoms with van der Waals surface area (Å²) < 4.78 is 0. The summed E-state index contributed by atoms with van der Waals surface area (Å²) in [5, 5.41) is 0. The SMILES string of the molecule is CC(CCCCc1ccc(CN)cc1)c1ccc(CN)cc1. The van der Waals surface area contributed by atoms with Crippen molar-refractivity contribution in [1.82, 2.24) is 0 Å². The zero-order valence-corrected chi connectivity index (χ0v) is 13.6. The van der Waals surface area contributed by atoms with Crippen LogP contribution in [0, 0.1) is 0 Å². The number of rotatable bonds is 8. The van der Waals surface area contributed by atoms with Crippen molar-refractivity contribution in [2.24, 2.45) is 11.5 Å². The molecule has 2 rings (SSSR count). The van der Waals surface area contributed by atoms with Crippen LogP contribution < -0.4 is 11.5 Å². The standard InChI is InChI=1S/C20H28N2/c1-16(20-12-10-19(15-22)11-13-20)4-2-3-5-17-6-8-18(14-21)9-7-17/h6-13,16H,2-5,14-15,21-22H2,1H3. The van der Waals surface area contributed by atoms with Crippen molar-refractivity contribution in [3.05, 3.63) is 70.8 Å². The molecule has 0 aromatic heterocycles. The first-order valence-corrected chi connectivity index (χ1v) is 8.29. The molecule has 0 amide bonds. The lowest BCUT2D eigenvalue weighted by Crippen LogP contribution is -1.98. The van der Waals surface area contributed by atoms with Gasteiger partial charge in [0.2, 0.25) is 0 Å². The first-order chi connectivity index (χ1) is 10.7. The third-order valence-corrected chi connectivity index (χ3v) is 4.40. The second-order valence-corrected chi connectivity index (χ2v) is 6.11. The molecular weight excluding hydrogens is 268 g/mol. The Morgan fingerprint density at radius 1 is 0.727 bits per heavy atom. The van der Waals surface area contributed by atoms with Crippen LogP contribution in [-0.4, -0.2) is 0 Å². The van der Waals surface area contributed by atoms with Crippen LogP contribution in [0.4, 0.5) is 0 Å². The summed E-state index contributed by atoms with van der Waals surface area (Å²) in [4.78, 5) is 0. The molecule has 0 saturated heterocycles. The molecule has 0 aliphatic carbocycles. The minimum atomic E-state index is 0.617. The zero-order chi connectivity index (χ0) is 15.8. The van der Waals surface area contributed by atoms with Crippen molar-refractivity contribution in [3.63, 3.8) is 0 Å². The average Bonchev–Trinajstić information content (AvgIpc) is 2.59. The predicted molar refractivity (Wildman–Crippen MR) is 94.6 cm³/mol. The fourth-order valence-electron chi connectivity index (χ4n) is 2.77. The monoisotopic (exact) mass is 296 g/mol. The van der Waals surface area contributed by atoms with Gasteiger partial charge in [-0.15, -0.1) is 0 Å². The zero-order valence-electron chi connectivity index (χ0n) is 13.6. The van der Waals surface area contributed by atoms with Crippen molar-refractivity contribution >= 4 is 0 Å². The number of hydrogen-bond acceptors (Lipinski definition) is 2. The van der Waals surface area contributed by atoms with Crippen LogP contribution in [0.5, 0.6) is 0 Å². The fourth-order valence-corrected chi connectivity index (χ4v) is 2.77. The fraction of sp³-hybridized carbons (Fsp3) is 0.400. The number of hydrogen-bond donors (Lipinski definition) is 2. The van der Waals surface area contributed by atoms with Crippen LogP contribution in [0.25, 0.3) is 0 Å². The molecule has 118 valence electrons. The van der Waals surface area contributed by atoms with Gasteiger partial charge in [-0.05, 0) is 47.4 Å². The van der Waals surface area contributed by atoms with Gasteiger partial charge in [-0.3, -0.25) is 0 Å². The second kappa shape index (κ2) is 8.72. The summed E-state index contributed by atoms with van der Waals surface area (Å²) in [6.45, 7) is 3.56. The summed E-state index contributed by atoms with van der Waals surface area (Å²) in [5.41, 5.74) is 16.5. The van der Waals surface area contributed by atoms with Crippen LogP contribution in [0.3, 0.4) is 0 Å². The van der Waals surface area contributed by atoms with E-state index in [2.05, 4.69) is 55.5 Å². The van der Waals surface area contributed by atoms with Gasteiger partial charge >= 0.3 is 0 Å². The summed E-state index contributed by atoms with van der Waals surface area (Å²) >= 11 is 0. The summed E-state index contributed by atoms with van der Waals surface area (Å²) in [6, 6.07) is 17.4. The molecule has 2 heteroatoms. The van der Waals surface area contributed by atoms with E-state index in [0.29, 0.717) is 19.0 Å². The highest BCUT2D eigenvalue weighted by atomic mass is 14.5. The van der Waals surface area contributed by atoms with Gasteiger partial charge in [0.25, 0.3) is 0 Å². The van der Waals surface area contributed by atoms with E-state index < -0.39 is 0 Å². The van der Waals surface area contributed by atoms with Crippen molar-refractivity contribution in [3.8, 4) is 0 Å². The van der Waals surface area contributed by atoms with Gasteiger partial charge in [-0.2, -0.15) is 0 Å². The Balaban J connectivity index is 1.72. The number of nitrogens with two attached hydrogens (primary N) is 2. The van der Waals surface area contributed by atoms with E-state index in [1.54, 1.807) is 0 Å². The van der Waals surface area contributed by atoms with Gasteiger partial charge in [0.05, 0.1) is 0 Å². The van der Waals surface area contributed by atoms with E-state index in [-0.39, 0.29) is 0 Å². The average molecular weight is 296 g/mol. The molecule has 2 nitrogen and oxygen atoms in total. The van der Waals surface area contributed by atoms with Gasteiger partial charge in [0, 0.05) is 13.1 Å². The molecule has 0 radical (unpaired) electrons. The quantitative estimate of drug-likeness (QED) is 0.720. The molecule has 0 aliphatic heterocycles. The molecule has 0 bridgehead atoms. The van der Waals surface area contributed by atoms with E-state index in [1.165, 1.54) is 41.5 Å². The molecule has 1 atom stereocenters. The highest BCUT2D eigenvalue weighted by Crippen LogP contribution is 2.22. The van der Waals surface area contributed by atoms with Gasteiger partial charge in [0.15, 0.2) is 0 Å². The van der Waals surface area contributed by atoms with Crippen LogP contribution in [0.15, 0.2) is 48.5 Å². The molecule has 0 aliphatic rings. The molecule has 2 aromatic carbocycles. The summed E-state index contributed by atoms with van der Waals surface area (Å²) in [6.07, 6.45) is 4.90. The lowest BCUT2D eigenvalue weighted by molar-refractivity contribution is 0.604. The molecule has 1 unspecified atom stereocenters. The molecule has 0 fully saturated rings. The third-order valence-electron chi connectivity index (χ3n) is 4.40. The molecule has 0 heterocycles. The smallest absolute Gasteiger partial charge is 0.0178 e. The number of unbranched alkanes of at least 4 members (excludes halogenated alkanes) is 1. The maximum absolute atomic E-state index is 5.64. The lowest BCUT2D eigenvalue weighted by atomic mass is 9.93. The molecule has 0 spiro atoms. The maximum atomic E-state index is 5.64. The Labute approximate surface area is 134 Å². The second-order valence-electron chi connectivity index (χ2n) is 6.11. The van der Waals surface area contributed by atoms with Crippen LogP contribution in [-0.2, 0) is 19.5 Å². The van der Waals surface area contributed by atoms with Crippen LogP contribution in [0.2, 0.25) is 0 Å². The van der Waals surface area contributed by atoms with E-state index in [4.69, 9.17) is 11.5 Å². The van der Waals surface area contributed by atoms with E-state index in [9.17, 15) is 0 Å². The van der Waals surface area contributed by atoms with Gasteiger partial charge in [-0.25, -0.2) is 0 Å². The minimum Gasteiger partial charge on any atom is -0.326 e. The van der Waals surface area contributed by atoms with E-state index in [1.807, 2.05) is 0 Å². The first kappa shape index (κ1) is 16.7. The first-order valence-electron chi connectivity index (χ1n) is 8.29. The van der Waals surface area contributed by atoms with Crippen LogP contribution >= 0.6 is 0 Å². The highest BCUT2D eigenvalue weighted by Gasteiger charge is 2.05. The molecule has 22 heavy (non-hydrogen) atoms. The Morgan fingerprint density at radius 2 is 1.23 bits per heavy atom. The molecule has 4 N–H and O–H groups in total. The molecular formula is C20H28N2. The van der Waals surface area contributed by atoms with Gasteiger partial charge in [-0.1, -0.05) is 61.9 Å². The van der Waals surface area contributed by atoms with Crippen LogP contribution in [0.1, 0.15) is 54.4 Å². The highest BCUT2D eigenvalue weighted by molar-refractivity contribution is 5.25. The van der Waals surface area contributed by atoms with Crippen molar-refractivity contribution < 1.29 is 0 Å². The van der Waals surface area contributed by atoms with E-state index in [0.717, 1.165) is 6.42 Å². The molecule has 2 aromatic rings. The van der Waals surface area contributed by atoms with E-state index >= 15 is 0 Å². The molecule has 0 saturated carbocycles. The normalized spacial score (nSPS) is 12.3. The largest absolute Gasteiger partial charge is 0.326 e. The Kier molecular flexibility index (Phi) is 6.63. The minimum absolute atomic E-state index is 0.617. The lowest BCUT2D eigenvalue weighted by Gasteiger charge is -2.12.